The Bertz CT molecular complexity index is 633. The SMILES string of the molecule is COCCS(=O)(=O)NCC(=O)NCCc1cc(OC)ccc1OC. The van der Waals surface area contributed by atoms with Crippen molar-refractivity contribution >= 4 is 15.9 Å². The second-order valence-corrected chi connectivity index (χ2v) is 6.84. The number of sulfonamides is 1. The van der Waals surface area contributed by atoms with Gasteiger partial charge in [-0.25, -0.2) is 13.1 Å². The number of ether oxygens (including phenoxy) is 3. The largest absolute Gasteiger partial charge is 0.497 e. The highest BCUT2D eigenvalue weighted by Crippen LogP contribution is 2.23. The molecule has 2 N–H and O–H groups in total. The molecule has 0 heterocycles. The molecular formula is C15H24N2O6S. The summed E-state index contributed by atoms with van der Waals surface area (Å²) in [5.74, 6) is 0.809. The number of methoxy groups -OCH3 is 3. The Labute approximate surface area is 142 Å². The highest BCUT2D eigenvalue weighted by molar-refractivity contribution is 7.89. The number of hydrogen-bond acceptors (Lipinski definition) is 6. The van der Waals surface area contributed by atoms with Crippen LogP contribution in [-0.4, -0.2) is 61.1 Å². The number of carbonyl (C=O) groups excluding carboxylic acids is 1. The van der Waals surface area contributed by atoms with E-state index in [-0.39, 0.29) is 18.9 Å². The Balaban J connectivity index is 2.43. The van der Waals surface area contributed by atoms with E-state index in [1.165, 1.54) is 7.11 Å². The Morgan fingerprint density at radius 1 is 1.17 bits per heavy atom. The van der Waals surface area contributed by atoms with E-state index >= 15 is 0 Å². The van der Waals surface area contributed by atoms with E-state index in [1.54, 1.807) is 26.4 Å². The summed E-state index contributed by atoms with van der Waals surface area (Å²) in [4.78, 5) is 11.7. The average Bonchev–Trinajstić information content (AvgIpc) is 2.58. The van der Waals surface area contributed by atoms with Crippen molar-refractivity contribution in [2.45, 2.75) is 6.42 Å². The smallest absolute Gasteiger partial charge is 0.235 e. The van der Waals surface area contributed by atoms with Gasteiger partial charge in [0.25, 0.3) is 0 Å². The molecule has 24 heavy (non-hydrogen) atoms. The molecule has 1 aromatic carbocycles. The number of hydrogen-bond donors (Lipinski definition) is 2. The van der Waals surface area contributed by atoms with Crippen LogP contribution in [0, 0.1) is 0 Å². The van der Waals surface area contributed by atoms with E-state index in [4.69, 9.17) is 14.2 Å². The lowest BCUT2D eigenvalue weighted by atomic mass is 10.1. The van der Waals surface area contributed by atoms with E-state index in [1.807, 2.05) is 6.07 Å². The lowest BCUT2D eigenvalue weighted by Gasteiger charge is -2.11. The van der Waals surface area contributed by atoms with Gasteiger partial charge < -0.3 is 19.5 Å². The number of nitrogens with one attached hydrogen (secondary N) is 2. The van der Waals surface area contributed by atoms with Crippen LogP contribution < -0.4 is 19.5 Å². The highest BCUT2D eigenvalue weighted by Gasteiger charge is 2.12. The summed E-state index contributed by atoms with van der Waals surface area (Å²) in [7, 11) is 1.04. The van der Waals surface area contributed by atoms with Gasteiger partial charge in [-0.2, -0.15) is 0 Å². The predicted octanol–water partition coefficient (Wildman–Crippen LogP) is -0.0717. The molecule has 136 valence electrons. The third kappa shape index (κ3) is 7.16. The molecule has 0 aliphatic carbocycles. The van der Waals surface area contributed by atoms with Gasteiger partial charge in [-0.1, -0.05) is 0 Å². The van der Waals surface area contributed by atoms with Gasteiger partial charge in [0, 0.05) is 13.7 Å². The molecule has 0 aliphatic heterocycles. The van der Waals surface area contributed by atoms with E-state index in [0.29, 0.717) is 24.5 Å². The number of amides is 1. The van der Waals surface area contributed by atoms with Gasteiger partial charge in [0.1, 0.15) is 11.5 Å². The first-order valence-corrected chi connectivity index (χ1v) is 9.01. The van der Waals surface area contributed by atoms with Crippen molar-refractivity contribution in [1.29, 1.82) is 0 Å². The molecule has 0 bridgehead atoms. The fourth-order valence-electron chi connectivity index (χ4n) is 1.92. The molecule has 0 radical (unpaired) electrons. The van der Waals surface area contributed by atoms with Crippen molar-refractivity contribution in [1.82, 2.24) is 10.0 Å². The summed E-state index contributed by atoms with van der Waals surface area (Å²) in [6.07, 6.45) is 0.530. The lowest BCUT2D eigenvalue weighted by Crippen LogP contribution is -2.39. The monoisotopic (exact) mass is 360 g/mol. The minimum atomic E-state index is -3.51. The third-order valence-corrected chi connectivity index (χ3v) is 4.50. The third-order valence-electron chi connectivity index (χ3n) is 3.21. The van der Waals surface area contributed by atoms with Gasteiger partial charge in [-0.05, 0) is 30.2 Å². The van der Waals surface area contributed by atoms with Crippen LogP contribution >= 0.6 is 0 Å². The van der Waals surface area contributed by atoms with E-state index in [2.05, 4.69) is 10.0 Å². The molecule has 0 saturated carbocycles. The van der Waals surface area contributed by atoms with Gasteiger partial charge in [-0.15, -0.1) is 0 Å². The van der Waals surface area contributed by atoms with Crippen LogP contribution in [0.4, 0.5) is 0 Å². The van der Waals surface area contributed by atoms with Gasteiger partial charge in [-0.3, -0.25) is 4.79 Å². The maximum atomic E-state index is 11.7. The number of rotatable bonds is 11. The van der Waals surface area contributed by atoms with E-state index in [9.17, 15) is 13.2 Å². The molecule has 8 nitrogen and oxygen atoms in total. The summed E-state index contributed by atoms with van der Waals surface area (Å²) < 4.78 is 40.4. The van der Waals surface area contributed by atoms with Crippen LogP contribution in [0.25, 0.3) is 0 Å². The van der Waals surface area contributed by atoms with E-state index < -0.39 is 15.9 Å². The normalized spacial score (nSPS) is 11.1. The van der Waals surface area contributed by atoms with Crippen LogP contribution in [0.15, 0.2) is 18.2 Å². The molecular weight excluding hydrogens is 336 g/mol. The quantitative estimate of drug-likeness (QED) is 0.573. The Hall–Kier alpha value is -1.84. The molecule has 0 aliphatic rings. The predicted molar refractivity (Wildman–Crippen MR) is 89.9 cm³/mol. The standard InChI is InChI=1S/C15H24N2O6S/c1-21-8-9-24(19,20)17-11-15(18)16-7-6-12-10-13(22-2)4-5-14(12)23-3/h4-5,10,17H,6-9,11H2,1-3H3,(H,16,18). The minimum Gasteiger partial charge on any atom is -0.497 e. The average molecular weight is 360 g/mol. The Kier molecular flexibility index (Phi) is 8.51. The summed E-state index contributed by atoms with van der Waals surface area (Å²) in [6.45, 7) is 0.121. The first-order valence-electron chi connectivity index (χ1n) is 7.35. The molecule has 1 rings (SSSR count). The zero-order valence-corrected chi connectivity index (χ0v) is 14.9. The Morgan fingerprint density at radius 3 is 2.54 bits per heavy atom. The van der Waals surface area contributed by atoms with Crippen LogP contribution in [0.3, 0.4) is 0 Å². The van der Waals surface area contributed by atoms with Crippen molar-refractivity contribution in [3.05, 3.63) is 23.8 Å². The maximum absolute atomic E-state index is 11.7. The van der Waals surface area contributed by atoms with Crippen molar-refractivity contribution in [2.24, 2.45) is 0 Å². The Morgan fingerprint density at radius 2 is 1.92 bits per heavy atom. The zero-order valence-electron chi connectivity index (χ0n) is 14.1. The van der Waals surface area contributed by atoms with Crippen molar-refractivity contribution in [3.63, 3.8) is 0 Å². The zero-order chi connectivity index (χ0) is 18.0. The molecule has 0 atom stereocenters. The first-order chi connectivity index (χ1) is 11.4. The van der Waals surface area contributed by atoms with Gasteiger partial charge in [0.15, 0.2) is 0 Å². The van der Waals surface area contributed by atoms with Gasteiger partial charge >= 0.3 is 0 Å². The second kappa shape index (κ2) is 10.1. The lowest BCUT2D eigenvalue weighted by molar-refractivity contribution is -0.119. The molecule has 0 aromatic heterocycles. The topological polar surface area (TPSA) is 103 Å². The molecule has 0 saturated heterocycles. The fourth-order valence-corrected chi connectivity index (χ4v) is 2.80. The first kappa shape index (κ1) is 20.2. The highest BCUT2D eigenvalue weighted by atomic mass is 32.2. The molecule has 9 heteroatoms. The van der Waals surface area contributed by atoms with Crippen molar-refractivity contribution in [2.75, 3.05) is 46.8 Å². The summed E-state index contributed by atoms with van der Waals surface area (Å²) in [6, 6.07) is 5.41. The minimum absolute atomic E-state index is 0.0760. The molecule has 0 unspecified atom stereocenters. The van der Waals surface area contributed by atoms with Gasteiger partial charge in [0.05, 0.1) is 33.1 Å². The maximum Gasteiger partial charge on any atom is 0.235 e. The fraction of sp³-hybridized carbons (Fsp3) is 0.533. The number of benzene rings is 1. The summed E-state index contributed by atoms with van der Waals surface area (Å²) in [5.41, 5.74) is 0.887. The van der Waals surface area contributed by atoms with Crippen LogP contribution in [0.1, 0.15) is 5.56 Å². The molecule has 1 amide bonds. The second-order valence-electron chi connectivity index (χ2n) is 4.91. The van der Waals surface area contributed by atoms with Crippen LogP contribution in [0.5, 0.6) is 11.5 Å². The molecule has 0 fully saturated rings. The van der Waals surface area contributed by atoms with E-state index in [0.717, 1.165) is 5.56 Å². The van der Waals surface area contributed by atoms with Crippen LogP contribution in [-0.2, 0) is 26.0 Å². The summed E-state index contributed by atoms with van der Waals surface area (Å²) in [5, 5.41) is 2.66. The summed E-state index contributed by atoms with van der Waals surface area (Å²) >= 11 is 0. The van der Waals surface area contributed by atoms with Crippen molar-refractivity contribution < 1.29 is 27.4 Å². The molecule has 0 spiro atoms. The van der Waals surface area contributed by atoms with Crippen LogP contribution in [0.2, 0.25) is 0 Å². The van der Waals surface area contributed by atoms with Gasteiger partial charge in [0.2, 0.25) is 15.9 Å². The molecule has 1 aromatic rings. The number of carbonyl (C=O) groups is 1. The van der Waals surface area contributed by atoms with Crippen molar-refractivity contribution in [3.8, 4) is 11.5 Å².